The quantitative estimate of drug-likeness (QED) is 0.504. The molecular formula is C21H27N3O6S. The molecule has 0 aliphatic carbocycles. The van der Waals surface area contributed by atoms with E-state index in [0.717, 1.165) is 0 Å². The predicted molar refractivity (Wildman–Crippen MR) is 116 cm³/mol. The highest BCUT2D eigenvalue weighted by atomic mass is 32.2. The highest BCUT2D eigenvalue weighted by Gasteiger charge is 2.16. The zero-order chi connectivity index (χ0) is 23.0. The molecule has 0 aromatic heterocycles. The lowest BCUT2D eigenvalue weighted by Gasteiger charge is -2.12. The first kappa shape index (κ1) is 24.2. The monoisotopic (exact) mass is 449 g/mol. The second-order valence-electron chi connectivity index (χ2n) is 6.95. The van der Waals surface area contributed by atoms with E-state index in [4.69, 9.17) is 9.47 Å². The summed E-state index contributed by atoms with van der Waals surface area (Å²) in [4.78, 5) is 24.5. The molecule has 0 spiro atoms. The van der Waals surface area contributed by atoms with Crippen LogP contribution in [0.2, 0.25) is 0 Å². The van der Waals surface area contributed by atoms with Gasteiger partial charge in [-0.05, 0) is 49.7 Å². The molecule has 3 N–H and O–H groups in total. The third-order valence-electron chi connectivity index (χ3n) is 4.14. The average Bonchev–Trinajstić information content (AvgIpc) is 2.74. The second kappa shape index (κ2) is 10.8. The number of benzene rings is 2. The van der Waals surface area contributed by atoms with Gasteiger partial charge in [0.05, 0.1) is 25.7 Å². The summed E-state index contributed by atoms with van der Waals surface area (Å²) in [5.74, 6) is 0.0392. The van der Waals surface area contributed by atoms with E-state index in [-0.39, 0.29) is 24.0 Å². The number of methoxy groups -OCH3 is 2. The fourth-order valence-electron chi connectivity index (χ4n) is 2.70. The molecule has 2 aromatic rings. The number of carbonyl (C=O) groups excluding carboxylic acids is 2. The zero-order valence-corrected chi connectivity index (χ0v) is 18.7. The van der Waals surface area contributed by atoms with E-state index in [9.17, 15) is 18.0 Å². The Balaban J connectivity index is 1.91. The van der Waals surface area contributed by atoms with Gasteiger partial charge in [-0.3, -0.25) is 9.59 Å². The lowest BCUT2D eigenvalue weighted by molar-refractivity contribution is -0.120. The third-order valence-corrected chi connectivity index (χ3v) is 5.80. The predicted octanol–water partition coefficient (Wildman–Crippen LogP) is 1.44. The summed E-state index contributed by atoms with van der Waals surface area (Å²) in [5, 5.41) is 5.18. The number of hydrogen-bond donors (Lipinski definition) is 3. The van der Waals surface area contributed by atoms with E-state index in [1.54, 1.807) is 38.1 Å². The molecule has 168 valence electrons. The van der Waals surface area contributed by atoms with Gasteiger partial charge >= 0.3 is 0 Å². The number of carbonyl (C=O) groups is 2. The van der Waals surface area contributed by atoms with Crippen molar-refractivity contribution in [2.24, 2.45) is 0 Å². The summed E-state index contributed by atoms with van der Waals surface area (Å²) in [6.45, 7) is 3.35. The molecule has 2 amide bonds. The lowest BCUT2D eigenvalue weighted by Crippen LogP contribution is -2.36. The Bertz CT molecular complexity index is 1040. The van der Waals surface area contributed by atoms with Crippen LogP contribution in [0.15, 0.2) is 47.4 Å². The van der Waals surface area contributed by atoms with E-state index < -0.39 is 21.8 Å². The molecule has 0 unspecified atom stereocenters. The molecule has 2 aromatic carbocycles. The first-order valence-electron chi connectivity index (χ1n) is 9.54. The summed E-state index contributed by atoms with van der Waals surface area (Å²) in [6, 6.07) is 10.7. The van der Waals surface area contributed by atoms with E-state index in [1.165, 1.54) is 32.4 Å². The number of nitrogens with one attached hydrogen (secondary N) is 3. The minimum atomic E-state index is -3.62. The maximum atomic E-state index is 12.3. The molecule has 0 saturated carbocycles. The van der Waals surface area contributed by atoms with Crippen molar-refractivity contribution in [3.05, 3.63) is 53.6 Å². The van der Waals surface area contributed by atoms with Crippen LogP contribution >= 0.6 is 0 Å². The maximum Gasteiger partial charge on any atom is 0.251 e. The van der Waals surface area contributed by atoms with Gasteiger partial charge in [-0.15, -0.1) is 0 Å². The van der Waals surface area contributed by atoms with Crippen molar-refractivity contribution in [3.8, 4) is 11.5 Å². The van der Waals surface area contributed by atoms with Crippen LogP contribution in [-0.2, 0) is 21.4 Å². The third kappa shape index (κ3) is 6.97. The number of ether oxygens (including phenoxy) is 2. The molecule has 0 aliphatic rings. The Labute approximate surface area is 182 Å². The van der Waals surface area contributed by atoms with Crippen LogP contribution < -0.4 is 24.8 Å². The van der Waals surface area contributed by atoms with Gasteiger partial charge in [0.25, 0.3) is 5.91 Å². The van der Waals surface area contributed by atoms with Gasteiger partial charge in [-0.1, -0.05) is 12.1 Å². The Kier molecular flexibility index (Phi) is 8.40. The van der Waals surface area contributed by atoms with Crippen molar-refractivity contribution in [1.29, 1.82) is 0 Å². The topological polar surface area (TPSA) is 123 Å². The van der Waals surface area contributed by atoms with Crippen LogP contribution in [0.3, 0.4) is 0 Å². The number of amides is 2. The van der Waals surface area contributed by atoms with E-state index in [1.807, 2.05) is 0 Å². The number of sulfonamides is 1. The first-order chi connectivity index (χ1) is 14.7. The van der Waals surface area contributed by atoms with Crippen LogP contribution in [-0.4, -0.2) is 47.0 Å². The SMILES string of the molecule is COc1ccc(C(=O)NCC(=O)NCc2cccc(S(=O)(=O)NC(C)C)c2)cc1OC. The van der Waals surface area contributed by atoms with Crippen LogP contribution in [0, 0.1) is 0 Å². The number of hydrogen-bond acceptors (Lipinski definition) is 6. The maximum absolute atomic E-state index is 12.3. The molecule has 0 saturated heterocycles. The van der Waals surface area contributed by atoms with Crippen molar-refractivity contribution in [2.75, 3.05) is 20.8 Å². The van der Waals surface area contributed by atoms with Crippen LogP contribution in [0.1, 0.15) is 29.8 Å². The molecule has 0 radical (unpaired) electrons. The van der Waals surface area contributed by atoms with Crippen LogP contribution in [0.4, 0.5) is 0 Å². The second-order valence-corrected chi connectivity index (χ2v) is 8.67. The summed E-state index contributed by atoms with van der Waals surface area (Å²) >= 11 is 0. The van der Waals surface area contributed by atoms with Gasteiger partial charge in [0, 0.05) is 18.2 Å². The molecule has 0 bridgehead atoms. The van der Waals surface area contributed by atoms with Gasteiger partial charge in [-0.2, -0.15) is 0 Å². The van der Waals surface area contributed by atoms with Crippen LogP contribution in [0.25, 0.3) is 0 Å². The molecule has 9 nitrogen and oxygen atoms in total. The van der Waals surface area contributed by atoms with Gasteiger partial charge in [-0.25, -0.2) is 13.1 Å². The lowest BCUT2D eigenvalue weighted by atomic mass is 10.2. The van der Waals surface area contributed by atoms with Crippen molar-refractivity contribution < 1.29 is 27.5 Å². The normalized spacial score (nSPS) is 11.1. The molecular weight excluding hydrogens is 422 g/mol. The van der Waals surface area contributed by atoms with Crippen molar-refractivity contribution in [2.45, 2.75) is 31.3 Å². The van der Waals surface area contributed by atoms with Crippen molar-refractivity contribution in [3.63, 3.8) is 0 Å². The summed E-state index contributed by atoms with van der Waals surface area (Å²) < 4.78 is 37.3. The highest BCUT2D eigenvalue weighted by molar-refractivity contribution is 7.89. The average molecular weight is 450 g/mol. The molecule has 0 aliphatic heterocycles. The molecule has 0 atom stereocenters. The minimum Gasteiger partial charge on any atom is -0.493 e. The van der Waals surface area contributed by atoms with Gasteiger partial charge in [0.1, 0.15) is 0 Å². The Morgan fingerprint density at radius 2 is 1.68 bits per heavy atom. The Hall–Kier alpha value is -3.11. The van der Waals surface area contributed by atoms with E-state index in [0.29, 0.717) is 22.6 Å². The molecule has 31 heavy (non-hydrogen) atoms. The fraction of sp³-hybridized carbons (Fsp3) is 0.333. The number of rotatable bonds is 10. The standard InChI is InChI=1S/C21H27N3O6S/c1-14(2)24-31(27,28)17-7-5-6-15(10-17)12-22-20(25)13-23-21(26)16-8-9-18(29-3)19(11-16)30-4/h5-11,14,24H,12-13H2,1-4H3,(H,22,25)(H,23,26). The zero-order valence-electron chi connectivity index (χ0n) is 17.9. The van der Waals surface area contributed by atoms with Crippen LogP contribution in [0.5, 0.6) is 11.5 Å². The first-order valence-corrected chi connectivity index (χ1v) is 11.0. The molecule has 0 fully saturated rings. The van der Waals surface area contributed by atoms with E-state index in [2.05, 4.69) is 15.4 Å². The molecule has 10 heteroatoms. The molecule has 2 rings (SSSR count). The largest absolute Gasteiger partial charge is 0.493 e. The van der Waals surface area contributed by atoms with Gasteiger partial charge in [0.2, 0.25) is 15.9 Å². The van der Waals surface area contributed by atoms with Gasteiger partial charge < -0.3 is 20.1 Å². The summed E-state index contributed by atoms with van der Waals surface area (Å²) in [6.07, 6.45) is 0. The summed E-state index contributed by atoms with van der Waals surface area (Å²) in [7, 11) is -0.664. The minimum absolute atomic E-state index is 0.120. The van der Waals surface area contributed by atoms with Crippen molar-refractivity contribution in [1.82, 2.24) is 15.4 Å². The van der Waals surface area contributed by atoms with Gasteiger partial charge in [0.15, 0.2) is 11.5 Å². The Morgan fingerprint density at radius 3 is 2.32 bits per heavy atom. The molecule has 0 heterocycles. The highest BCUT2D eigenvalue weighted by Crippen LogP contribution is 2.27. The van der Waals surface area contributed by atoms with Crippen molar-refractivity contribution >= 4 is 21.8 Å². The van der Waals surface area contributed by atoms with E-state index >= 15 is 0 Å². The summed E-state index contributed by atoms with van der Waals surface area (Å²) in [5.41, 5.74) is 0.937. The smallest absolute Gasteiger partial charge is 0.251 e. The Morgan fingerprint density at radius 1 is 0.968 bits per heavy atom. The fourth-order valence-corrected chi connectivity index (χ4v) is 4.03.